The Hall–Kier alpha value is -3.22. The molecule has 13 heteroatoms. The lowest BCUT2D eigenvalue weighted by Gasteiger charge is -2.37. The molecule has 0 radical (unpaired) electrons. The Bertz CT molecular complexity index is 1190. The van der Waals surface area contributed by atoms with Gasteiger partial charge in [-0.1, -0.05) is 49.2 Å². The molecule has 1 aromatic heterocycles. The first-order chi connectivity index (χ1) is 19.8. The highest BCUT2D eigenvalue weighted by molar-refractivity contribution is 6.00. The summed E-state index contributed by atoms with van der Waals surface area (Å²) in [5.74, 6) is -6.47. The second-order valence-electron chi connectivity index (χ2n) is 10.4. The zero-order chi connectivity index (χ0) is 33.2. The molecule has 43 heavy (non-hydrogen) atoms. The van der Waals surface area contributed by atoms with Crippen LogP contribution in [0.1, 0.15) is 72.6 Å². The SMILES string of the molecule is CC.CC(=O)c1c(N2CCCC(F)(F)CC2)ncc(C(F)(F)F)c1C.Cc1cccc(C)c1.NC(=O)CN1CC(F)(F)C1. The summed E-state index contributed by atoms with van der Waals surface area (Å²) in [4.78, 5) is 28.6. The van der Waals surface area contributed by atoms with E-state index in [1.54, 1.807) is 0 Å². The largest absolute Gasteiger partial charge is 0.418 e. The Labute approximate surface area is 248 Å². The molecule has 2 aliphatic rings. The number of rotatable bonds is 4. The van der Waals surface area contributed by atoms with Crippen molar-refractivity contribution in [2.75, 3.05) is 37.6 Å². The van der Waals surface area contributed by atoms with Crippen molar-refractivity contribution in [2.45, 2.75) is 78.8 Å². The van der Waals surface area contributed by atoms with Crippen LogP contribution in [0.2, 0.25) is 0 Å². The van der Waals surface area contributed by atoms with Crippen LogP contribution in [-0.4, -0.2) is 66.1 Å². The summed E-state index contributed by atoms with van der Waals surface area (Å²) in [5, 5.41) is 0. The van der Waals surface area contributed by atoms with Crippen molar-refractivity contribution in [3.05, 3.63) is 58.3 Å². The van der Waals surface area contributed by atoms with Crippen LogP contribution in [0.5, 0.6) is 0 Å². The van der Waals surface area contributed by atoms with Crippen molar-refractivity contribution in [2.24, 2.45) is 5.73 Å². The molecule has 242 valence electrons. The molecule has 2 aliphatic heterocycles. The van der Waals surface area contributed by atoms with Crippen LogP contribution in [0.4, 0.5) is 36.6 Å². The average molecular weight is 623 g/mol. The molecule has 2 saturated heterocycles. The molecule has 0 unspecified atom stereocenters. The Balaban J connectivity index is 0.000000378. The molecule has 1 amide bonds. The van der Waals surface area contributed by atoms with E-state index in [0.29, 0.717) is 6.20 Å². The number of carbonyl (C=O) groups is 2. The number of aryl methyl sites for hydroxylation is 2. The van der Waals surface area contributed by atoms with Crippen LogP contribution in [0, 0.1) is 20.8 Å². The zero-order valence-corrected chi connectivity index (χ0v) is 25.4. The summed E-state index contributed by atoms with van der Waals surface area (Å²) >= 11 is 0. The highest BCUT2D eigenvalue weighted by atomic mass is 19.4. The molecule has 1 aromatic carbocycles. The third-order valence-corrected chi connectivity index (χ3v) is 6.46. The highest BCUT2D eigenvalue weighted by Crippen LogP contribution is 2.37. The molecule has 0 saturated carbocycles. The van der Waals surface area contributed by atoms with Gasteiger partial charge in [-0.15, -0.1) is 0 Å². The molecule has 0 bridgehead atoms. The minimum absolute atomic E-state index is 0.0505. The highest BCUT2D eigenvalue weighted by Gasteiger charge is 2.44. The number of amides is 1. The predicted molar refractivity (Wildman–Crippen MR) is 153 cm³/mol. The quantitative estimate of drug-likeness (QED) is 0.294. The van der Waals surface area contributed by atoms with Gasteiger partial charge in [-0.25, -0.2) is 22.5 Å². The molecule has 0 atom stereocenters. The van der Waals surface area contributed by atoms with E-state index in [-0.39, 0.29) is 62.5 Å². The van der Waals surface area contributed by atoms with E-state index in [0.717, 1.165) is 6.92 Å². The molecule has 2 N–H and O–H groups in total. The van der Waals surface area contributed by atoms with E-state index in [2.05, 4.69) is 43.1 Å². The fourth-order valence-electron chi connectivity index (χ4n) is 4.56. The summed E-state index contributed by atoms with van der Waals surface area (Å²) in [6.45, 7) is 10.0. The van der Waals surface area contributed by atoms with Gasteiger partial charge in [-0.2, -0.15) is 13.2 Å². The topological polar surface area (TPSA) is 79.5 Å². The van der Waals surface area contributed by atoms with E-state index >= 15 is 0 Å². The number of nitrogens with zero attached hydrogens (tertiary/aromatic N) is 3. The summed E-state index contributed by atoms with van der Waals surface area (Å²) in [7, 11) is 0. The zero-order valence-electron chi connectivity index (χ0n) is 25.4. The van der Waals surface area contributed by atoms with Gasteiger partial charge in [0.05, 0.1) is 30.8 Å². The third-order valence-electron chi connectivity index (χ3n) is 6.46. The van der Waals surface area contributed by atoms with Crippen molar-refractivity contribution in [3.63, 3.8) is 0 Å². The van der Waals surface area contributed by atoms with Crippen LogP contribution in [-0.2, 0) is 11.0 Å². The van der Waals surface area contributed by atoms with Crippen LogP contribution in [0.25, 0.3) is 0 Å². The summed E-state index contributed by atoms with van der Waals surface area (Å²) < 4.78 is 89.9. The van der Waals surface area contributed by atoms with E-state index in [1.807, 2.05) is 13.8 Å². The van der Waals surface area contributed by atoms with Crippen molar-refractivity contribution >= 4 is 17.5 Å². The fourth-order valence-corrected chi connectivity index (χ4v) is 4.56. The lowest BCUT2D eigenvalue weighted by Crippen LogP contribution is -2.58. The minimum Gasteiger partial charge on any atom is -0.369 e. The van der Waals surface area contributed by atoms with Crippen LogP contribution >= 0.6 is 0 Å². The number of alkyl halides is 7. The Kier molecular flexibility index (Phi) is 14.1. The second-order valence-corrected chi connectivity index (χ2v) is 10.4. The van der Waals surface area contributed by atoms with Gasteiger partial charge in [-0.05, 0) is 39.7 Å². The number of hydrogen-bond donors (Lipinski definition) is 1. The van der Waals surface area contributed by atoms with E-state index in [9.17, 15) is 40.3 Å². The van der Waals surface area contributed by atoms with Gasteiger partial charge in [-0.3, -0.25) is 14.5 Å². The fraction of sp³-hybridized carbons (Fsp3) is 0.567. The summed E-state index contributed by atoms with van der Waals surface area (Å²) in [6.07, 6.45) is -4.46. The van der Waals surface area contributed by atoms with Gasteiger partial charge in [0.1, 0.15) is 5.82 Å². The number of benzene rings is 1. The standard InChI is InChI=1S/C15H17F5N2O.C8H10.C5H8F2N2O.C2H6/c1-9-11(15(18,19)20)8-21-13(12(9)10(2)23)22-6-3-4-14(16,17)5-7-22;1-7-4-3-5-8(2)6-7;6-5(7)2-9(3-5)1-4(8)10;1-2/h8H,3-7H2,1-2H3;3-6H,1-2H3;1-3H2,(H2,8,10);1-2H3. The van der Waals surface area contributed by atoms with Crippen molar-refractivity contribution in [3.8, 4) is 0 Å². The number of anilines is 1. The maximum absolute atomic E-state index is 13.4. The van der Waals surface area contributed by atoms with Gasteiger partial charge >= 0.3 is 6.18 Å². The number of primary amides is 1. The average Bonchev–Trinajstić information content (AvgIpc) is 3.03. The van der Waals surface area contributed by atoms with Crippen molar-refractivity contribution in [1.29, 1.82) is 0 Å². The summed E-state index contributed by atoms with van der Waals surface area (Å²) in [5.41, 5.74) is 6.10. The number of halogens is 7. The lowest BCUT2D eigenvalue weighted by molar-refractivity contribution is -0.142. The third kappa shape index (κ3) is 12.5. The Morgan fingerprint density at radius 2 is 1.51 bits per heavy atom. The summed E-state index contributed by atoms with van der Waals surface area (Å²) in [6, 6.07) is 8.45. The molecular weight excluding hydrogens is 581 g/mol. The van der Waals surface area contributed by atoms with Crippen LogP contribution in [0.3, 0.4) is 0 Å². The van der Waals surface area contributed by atoms with Crippen LogP contribution in [0.15, 0.2) is 30.5 Å². The molecular formula is C30H41F7N4O2. The molecule has 3 heterocycles. The first-order valence-electron chi connectivity index (χ1n) is 13.9. The maximum Gasteiger partial charge on any atom is 0.418 e. The number of pyridine rings is 1. The first-order valence-corrected chi connectivity index (χ1v) is 13.9. The van der Waals surface area contributed by atoms with E-state index in [4.69, 9.17) is 5.73 Å². The number of carbonyl (C=O) groups excluding carboxylic acids is 2. The van der Waals surface area contributed by atoms with E-state index < -0.39 is 41.7 Å². The number of ketones is 1. The molecule has 2 aromatic rings. The van der Waals surface area contributed by atoms with Crippen molar-refractivity contribution in [1.82, 2.24) is 9.88 Å². The van der Waals surface area contributed by atoms with Crippen LogP contribution < -0.4 is 10.6 Å². The van der Waals surface area contributed by atoms with Gasteiger partial charge in [0.2, 0.25) is 11.8 Å². The molecule has 4 rings (SSSR count). The van der Waals surface area contributed by atoms with E-state index in [1.165, 1.54) is 27.9 Å². The van der Waals surface area contributed by atoms with Gasteiger partial charge < -0.3 is 10.6 Å². The predicted octanol–water partition coefficient (Wildman–Crippen LogP) is 6.99. The number of nitrogens with two attached hydrogens (primary N) is 1. The lowest BCUT2D eigenvalue weighted by atomic mass is 10.0. The Morgan fingerprint density at radius 3 is 1.93 bits per heavy atom. The smallest absolute Gasteiger partial charge is 0.369 e. The number of aromatic nitrogens is 1. The number of likely N-dealkylation sites (tertiary alicyclic amines) is 1. The molecule has 6 nitrogen and oxygen atoms in total. The van der Waals surface area contributed by atoms with Gasteiger partial charge in [0.25, 0.3) is 5.92 Å². The first kappa shape index (κ1) is 37.8. The van der Waals surface area contributed by atoms with Gasteiger partial charge in [0.15, 0.2) is 5.78 Å². The number of hydrogen-bond acceptors (Lipinski definition) is 5. The monoisotopic (exact) mass is 622 g/mol. The van der Waals surface area contributed by atoms with Crippen molar-refractivity contribution < 1.29 is 40.3 Å². The number of Topliss-reactive ketones (excluding diaryl/α,β-unsaturated/α-hetero) is 1. The molecule has 0 aliphatic carbocycles. The minimum atomic E-state index is -4.62. The second kappa shape index (κ2) is 16.0. The maximum atomic E-state index is 13.4. The Morgan fingerprint density at radius 1 is 0.953 bits per heavy atom. The molecule has 0 spiro atoms. The normalized spacial score (nSPS) is 17.4. The molecule has 2 fully saturated rings. The van der Waals surface area contributed by atoms with Gasteiger partial charge in [0, 0.05) is 32.1 Å².